The molecule has 3 heteroatoms. The van der Waals surface area contributed by atoms with Crippen LogP contribution in [0.5, 0.6) is 0 Å². The van der Waals surface area contributed by atoms with Gasteiger partial charge in [0.25, 0.3) is 6.47 Å². The average Bonchev–Trinajstić information content (AvgIpc) is 2.94. The van der Waals surface area contributed by atoms with Gasteiger partial charge in [0.2, 0.25) is 0 Å². The Labute approximate surface area is 112 Å². The Morgan fingerprint density at radius 3 is 2.44 bits per heavy atom. The van der Waals surface area contributed by atoms with Crippen LogP contribution in [0.4, 0.5) is 0 Å². The van der Waals surface area contributed by atoms with Gasteiger partial charge in [0.1, 0.15) is 0 Å². The maximum Gasteiger partial charge on any atom is 0.293 e. The van der Waals surface area contributed by atoms with Crippen molar-refractivity contribution in [2.45, 2.75) is 6.92 Å². The van der Waals surface area contributed by atoms with Gasteiger partial charge in [0, 0.05) is 4.88 Å². The highest BCUT2D eigenvalue weighted by molar-refractivity contribution is 7.11. The smallest absolute Gasteiger partial charge is 0.293 e. The third-order valence-corrected chi connectivity index (χ3v) is 3.11. The van der Waals surface area contributed by atoms with Gasteiger partial charge in [-0.2, -0.15) is 0 Å². The second-order valence-corrected chi connectivity index (χ2v) is 4.32. The van der Waals surface area contributed by atoms with E-state index in [0.717, 1.165) is 5.57 Å². The summed E-state index contributed by atoms with van der Waals surface area (Å²) in [5.41, 5.74) is 2.31. The molecule has 0 N–H and O–H groups in total. The summed E-state index contributed by atoms with van der Waals surface area (Å²) in [4.78, 5) is 10.4. The van der Waals surface area contributed by atoms with Crippen molar-refractivity contribution in [2.75, 3.05) is 6.61 Å². The minimum atomic E-state index is 0.431. The molecule has 0 aliphatic heterocycles. The van der Waals surface area contributed by atoms with Gasteiger partial charge in [-0.3, -0.25) is 4.79 Å². The summed E-state index contributed by atoms with van der Waals surface area (Å²) in [6, 6.07) is 14.4. The lowest BCUT2D eigenvalue weighted by Gasteiger charge is -2.01. The lowest BCUT2D eigenvalue weighted by atomic mass is 10.1. The molecule has 94 valence electrons. The van der Waals surface area contributed by atoms with Crippen LogP contribution in [0.2, 0.25) is 0 Å². The maximum absolute atomic E-state index is 9.18. The molecule has 0 saturated carbocycles. The summed E-state index contributed by atoms with van der Waals surface area (Å²) in [6.07, 6.45) is 0. The van der Waals surface area contributed by atoms with E-state index >= 15 is 0 Å². The van der Waals surface area contributed by atoms with Gasteiger partial charge in [0.05, 0.1) is 6.61 Å². The van der Waals surface area contributed by atoms with Crippen LogP contribution >= 0.6 is 11.3 Å². The third-order valence-electron chi connectivity index (χ3n) is 2.18. The van der Waals surface area contributed by atoms with Gasteiger partial charge in [0.15, 0.2) is 0 Å². The van der Waals surface area contributed by atoms with Gasteiger partial charge in [-0.1, -0.05) is 43.0 Å². The molecule has 0 bridgehead atoms. The molecule has 2 rings (SSSR count). The zero-order valence-corrected chi connectivity index (χ0v) is 11.2. The van der Waals surface area contributed by atoms with E-state index < -0.39 is 0 Å². The molecule has 1 aromatic carbocycles. The Morgan fingerprint density at radius 1 is 1.28 bits per heavy atom. The fourth-order valence-corrected chi connectivity index (χ4v) is 2.02. The van der Waals surface area contributed by atoms with E-state index in [1.54, 1.807) is 18.3 Å². The molecule has 0 fully saturated rings. The highest BCUT2D eigenvalue weighted by Crippen LogP contribution is 2.24. The van der Waals surface area contributed by atoms with Crippen molar-refractivity contribution >= 4 is 23.4 Å². The number of rotatable bonds is 4. The summed E-state index contributed by atoms with van der Waals surface area (Å²) in [6.45, 7) is 6.74. The number of carbonyl (C=O) groups excluding carboxylic acids is 1. The monoisotopic (exact) mass is 260 g/mol. The average molecular weight is 260 g/mol. The summed E-state index contributed by atoms with van der Waals surface area (Å²) in [5.74, 6) is 0. The van der Waals surface area contributed by atoms with E-state index in [-0.39, 0.29) is 0 Å². The molecule has 18 heavy (non-hydrogen) atoms. The summed E-state index contributed by atoms with van der Waals surface area (Å²) in [7, 11) is 0. The quantitative estimate of drug-likeness (QED) is 0.777. The minimum Gasteiger partial charge on any atom is -0.468 e. The first kappa shape index (κ1) is 14.2. The van der Waals surface area contributed by atoms with Crippen molar-refractivity contribution in [3.8, 4) is 0 Å². The summed E-state index contributed by atoms with van der Waals surface area (Å²) in [5, 5.41) is 2.07. The van der Waals surface area contributed by atoms with Crippen LogP contribution < -0.4 is 0 Å². The molecular weight excluding hydrogens is 244 g/mol. The van der Waals surface area contributed by atoms with Gasteiger partial charge in [-0.15, -0.1) is 11.3 Å². The van der Waals surface area contributed by atoms with Crippen LogP contribution in [-0.4, -0.2) is 13.1 Å². The first-order valence-electron chi connectivity index (χ1n) is 5.63. The fourth-order valence-electron chi connectivity index (χ4n) is 1.30. The number of ether oxygens (including phenoxy) is 1. The second-order valence-electron chi connectivity index (χ2n) is 3.37. The Bertz CT molecular complexity index is 461. The van der Waals surface area contributed by atoms with Gasteiger partial charge >= 0.3 is 0 Å². The van der Waals surface area contributed by atoms with E-state index in [1.165, 1.54) is 10.4 Å². The predicted molar refractivity (Wildman–Crippen MR) is 76.6 cm³/mol. The number of hydrogen-bond acceptors (Lipinski definition) is 3. The van der Waals surface area contributed by atoms with E-state index in [9.17, 15) is 4.79 Å². The summed E-state index contributed by atoms with van der Waals surface area (Å²) < 4.78 is 4.15. The Balaban J connectivity index is 0.000000280. The van der Waals surface area contributed by atoms with Gasteiger partial charge in [-0.25, -0.2) is 0 Å². The van der Waals surface area contributed by atoms with Crippen molar-refractivity contribution in [3.63, 3.8) is 0 Å². The highest BCUT2D eigenvalue weighted by atomic mass is 32.1. The van der Waals surface area contributed by atoms with Crippen molar-refractivity contribution < 1.29 is 9.53 Å². The number of thiophene rings is 1. The highest BCUT2D eigenvalue weighted by Gasteiger charge is 2.00. The third kappa shape index (κ3) is 4.55. The molecule has 0 spiro atoms. The normalized spacial score (nSPS) is 8.94. The Hall–Kier alpha value is -1.87. The Morgan fingerprint density at radius 2 is 2.00 bits per heavy atom. The number of benzene rings is 1. The molecule has 1 aromatic heterocycles. The first-order valence-corrected chi connectivity index (χ1v) is 6.51. The molecule has 0 atom stereocenters. The van der Waals surface area contributed by atoms with Crippen LogP contribution in [0, 0.1) is 0 Å². The van der Waals surface area contributed by atoms with Crippen molar-refractivity contribution in [2.24, 2.45) is 0 Å². The zero-order chi connectivity index (χ0) is 13.2. The molecule has 0 aliphatic carbocycles. The predicted octanol–water partition coefficient (Wildman–Crippen LogP) is 3.99. The lowest BCUT2D eigenvalue weighted by molar-refractivity contribution is -0.128. The number of hydrogen-bond donors (Lipinski definition) is 0. The van der Waals surface area contributed by atoms with Crippen LogP contribution in [0.1, 0.15) is 17.4 Å². The largest absolute Gasteiger partial charge is 0.468 e. The van der Waals surface area contributed by atoms with E-state index in [0.29, 0.717) is 13.1 Å². The molecule has 0 aliphatic rings. The summed E-state index contributed by atoms with van der Waals surface area (Å²) >= 11 is 1.73. The molecule has 2 nitrogen and oxygen atoms in total. The van der Waals surface area contributed by atoms with Crippen LogP contribution in [-0.2, 0) is 9.53 Å². The van der Waals surface area contributed by atoms with Crippen LogP contribution in [0.15, 0.2) is 54.4 Å². The minimum absolute atomic E-state index is 0.431. The van der Waals surface area contributed by atoms with Gasteiger partial charge in [-0.05, 0) is 29.5 Å². The Kier molecular flexibility index (Phi) is 6.51. The van der Waals surface area contributed by atoms with E-state index in [4.69, 9.17) is 0 Å². The lowest BCUT2D eigenvalue weighted by Crippen LogP contribution is -1.80. The standard InChI is InChI=1S/C12H10S.C3H6O2/c1-10(12-8-5-9-13-12)11-6-3-2-4-7-11;1-2-5-3-4/h2-9H,1H2;3H,2H2,1H3. The fraction of sp³-hybridized carbons (Fsp3) is 0.133. The van der Waals surface area contributed by atoms with Gasteiger partial charge < -0.3 is 4.74 Å². The molecule has 2 aromatic rings. The maximum atomic E-state index is 9.18. The van der Waals surface area contributed by atoms with Crippen molar-refractivity contribution in [1.82, 2.24) is 0 Å². The topological polar surface area (TPSA) is 26.3 Å². The molecule has 0 unspecified atom stereocenters. The SMILES string of the molecule is C=C(c1ccccc1)c1cccs1.CCOC=O. The second kappa shape index (κ2) is 8.25. The molecule has 1 heterocycles. The molecule has 0 radical (unpaired) electrons. The van der Waals surface area contributed by atoms with Crippen LogP contribution in [0.3, 0.4) is 0 Å². The first-order chi connectivity index (χ1) is 8.79. The molecular formula is C15H16O2S. The van der Waals surface area contributed by atoms with E-state index in [1.807, 2.05) is 24.3 Å². The van der Waals surface area contributed by atoms with Crippen LogP contribution in [0.25, 0.3) is 5.57 Å². The van der Waals surface area contributed by atoms with E-state index in [2.05, 4.69) is 34.9 Å². The zero-order valence-electron chi connectivity index (χ0n) is 10.3. The molecule has 0 amide bonds. The number of carbonyl (C=O) groups is 1. The van der Waals surface area contributed by atoms with Crippen molar-refractivity contribution in [1.29, 1.82) is 0 Å². The van der Waals surface area contributed by atoms with Crippen molar-refractivity contribution in [3.05, 3.63) is 64.9 Å². The molecule has 0 saturated heterocycles.